The second kappa shape index (κ2) is 4.65. The Morgan fingerprint density at radius 2 is 2.50 bits per heavy atom. The summed E-state index contributed by atoms with van der Waals surface area (Å²) in [6, 6.07) is 0. The number of carboxylic acid groups (broad SMARTS) is 1. The van der Waals surface area contributed by atoms with Gasteiger partial charge in [0.1, 0.15) is 11.5 Å². The average molecular weight is 225 g/mol. The zero-order chi connectivity index (χ0) is 11.5. The van der Waals surface area contributed by atoms with Gasteiger partial charge in [-0.2, -0.15) is 0 Å². The van der Waals surface area contributed by atoms with E-state index in [1.807, 2.05) is 0 Å². The van der Waals surface area contributed by atoms with Crippen molar-refractivity contribution in [2.45, 2.75) is 32.3 Å². The molecule has 0 radical (unpaired) electrons. The molecule has 0 aliphatic heterocycles. The highest BCUT2D eigenvalue weighted by Crippen LogP contribution is 2.29. The average Bonchev–Trinajstić information content (AvgIpc) is 2.61. The Labute approximate surface area is 93.4 Å². The highest BCUT2D eigenvalue weighted by molar-refractivity contribution is 5.67. The van der Waals surface area contributed by atoms with Crippen molar-refractivity contribution in [3.63, 3.8) is 0 Å². The fraction of sp³-hybridized carbons (Fsp3) is 0.636. The second-order valence-corrected chi connectivity index (χ2v) is 4.17. The van der Waals surface area contributed by atoms with Crippen molar-refractivity contribution in [1.29, 1.82) is 0 Å². The van der Waals surface area contributed by atoms with E-state index in [0.29, 0.717) is 13.0 Å². The summed E-state index contributed by atoms with van der Waals surface area (Å²) in [7, 11) is 1.62. The van der Waals surface area contributed by atoms with Gasteiger partial charge in [0.05, 0.1) is 6.61 Å². The highest BCUT2D eigenvalue weighted by atomic mass is 16.5. The lowest BCUT2D eigenvalue weighted by molar-refractivity contribution is -0.138. The van der Waals surface area contributed by atoms with Gasteiger partial charge in [0.2, 0.25) is 0 Å². The predicted molar refractivity (Wildman–Crippen MR) is 55.0 cm³/mol. The normalized spacial score (nSPS) is 19.4. The van der Waals surface area contributed by atoms with Gasteiger partial charge in [-0.1, -0.05) is 5.16 Å². The monoisotopic (exact) mass is 225 g/mol. The number of aliphatic carboxylic acids is 1. The lowest BCUT2D eigenvalue weighted by Crippen LogP contribution is -2.17. The Kier molecular flexibility index (Phi) is 3.24. The van der Waals surface area contributed by atoms with Crippen LogP contribution in [0.25, 0.3) is 0 Å². The van der Waals surface area contributed by atoms with Crippen molar-refractivity contribution in [3.05, 3.63) is 17.0 Å². The first-order valence-electron chi connectivity index (χ1n) is 5.37. The maximum absolute atomic E-state index is 10.6. The number of aromatic nitrogens is 1. The molecule has 0 saturated heterocycles. The first-order chi connectivity index (χ1) is 7.70. The minimum Gasteiger partial charge on any atom is -0.481 e. The predicted octanol–water partition coefficient (Wildman–Crippen LogP) is 1.40. The molecular weight excluding hydrogens is 210 g/mol. The summed E-state index contributed by atoms with van der Waals surface area (Å²) in [6.45, 7) is 0.461. The summed E-state index contributed by atoms with van der Waals surface area (Å²) < 4.78 is 10.3. The van der Waals surface area contributed by atoms with E-state index < -0.39 is 5.97 Å². The van der Waals surface area contributed by atoms with Gasteiger partial charge in [0.25, 0.3) is 0 Å². The quantitative estimate of drug-likeness (QED) is 0.838. The van der Waals surface area contributed by atoms with Crippen molar-refractivity contribution in [2.75, 3.05) is 7.11 Å². The molecule has 1 aliphatic carbocycles. The molecule has 0 bridgehead atoms. The molecule has 16 heavy (non-hydrogen) atoms. The zero-order valence-electron chi connectivity index (χ0n) is 9.23. The molecule has 1 aromatic heterocycles. The standard InChI is InChI=1S/C11H15NO4/c1-15-6-9-8-3-2-7(5-11(13)14)4-10(8)16-12-9/h7H,2-6H2,1H3,(H,13,14). The minimum atomic E-state index is -0.745. The van der Waals surface area contributed by atoms with Crippen LogP contribution in [0.5, 0.6) is 0 Å². The Balaban J connectivity index is 2.07. The third-order valence-corrected chi connectivity index (χ3v) is 2.97. The van der Waals surface area contributed by atoms with E-state index in [4.69, 9.17) is 14.4 Å². The Bertz CT molecular complexity index is 385. The van der Waals surface area contributed by atoms with Crippen molar-refractivity contribution in [3.8, 4) is 0 Å². The largest absolute Gasteiger partial charge is 0.481 e. The van der Waals surface area contributed by atoms with Crippen LogP contribution < -0.4 is 0 Å². The van der Waals surface area contributed by atoms with Gasteiger partial charge in [-0.05, 0) is 18.8 Å². The topological polar surface area (TPSA) is 72.6 Å². The van der Waals surface area contributed by atoms with Crippen LogP contribution in [-0.4, -0.2) is 23.3 Å². The maximum Gasteiger partial charge on any atom is 0.303 e. The highest BCUT2D eigenvalue weighted by Gasteiger charge is 2.26. The number of hydrogen-bond donors (Lipinski definition) is 1. The Morgan fingerprint density at radius 3 is 3.19 bits per heavy atom. The van der Waals surface area contributed by atoms with E-state index in [9.17, 15) is 4.79 Å². The summed E-state index contributed by atoms with van der Waals surface area (Å²) in [5, 5.41) is 12.7. The van der Waals surface area contributed by atoms with Crippen LogP contribution in [0.4, 0.5) is 0 Å². The van der Waals surface area contributed by atoms with Crippen LogP contribution in [0.1, 0.15) is 29.9 Å². The third-order valence-electron chi connectivity index (χ3n) is 2.97. The van der Waals surface area contributed by atoms with Gasteiger partial charge in [-0.15, -0.1) is 0 Å². The molecule has 0 spiro atoms. The molecule has 0 aromatic carbocycles. The summed E-state index contributed by atoms with van der Waals surface area (Å²) in [4.78, 5) is 10.6. The molecule has 2 rings (SSSR count). The number of carboxylic acids is 1. The van der Waals surface area contributed by atoms with E-state index in [1.165, 1.54) is 0 Å². The van der Waals surface area contributed by atoms with Crippen molar-refractivity contribution in [1.82, 2.24) is 5.16 Å². The zero-order valence-corrected chi connectivity index (χ0v) is 9.23. The molecule has 1 unspecified atom stereocenters. The Morgan fingerprint density at radius 1 is 1.69 bits per heavy atom. The molecule has 1 N–H and O–H groups in total. The molecule has 0 amide bonds. The van der Waals surface area contributed by atoms with Crippen molar-refractivity contribution < 1.29 is 19.2 Å². The fourth-order valence-electron chi connectivity index (χ4n) is 2.21. The summed E-state index contributed by atoms with van der Waals surface area (Å²) in [5.74, 6) is 0.267. The number of ether oxygens (including phenoxy) is 1. The smallest absolute Gasteiger partial charge is 0.303 e. The minimum absolute atomic E-state index is 0.174. The van der Waals surface area contributed by atoms with E-state index >= 15 is 0 Å². The van der Waals surface area contributed by atoms with Crippen LogP contribution in [0.2, 0.25) is 0 Å². The van der Waals surface area contributed by atoms with Crippen LogP contribution in [-0.2, 0) is 29.0 Å². The van der Waals surface area contributed by atoms with Gasteiger partial charge in [-0.25, -0.2) is 0 Å². The van der Waals surface area contributed by atoms with E-state index in [0.717, 1.165) is 29.9 Å². The molecule has 0 fully saturated rings. The molecular formula is C11H15NO4. The molecule has 1 aliphatic rings. The van der Waals surface area contributed by atoms with Crippen LogP contribution in [0.3, 0.4) is 0 Å². The number of nitrogens with zero attached hydrogens (tertiary/aromatic N) is 1. The van der Waals surface area contributed by atoms with Crippen molar-refractivity contribution in [2.24, 2.45) is 5.92 Å². The van der Waals surface area contributed by atoms with Crippen molar-refractivity contribution >= 4 is 5.97 Å². The molecule has 1 aromatic rings. The Hall–Kier alpha value is -1.36. The lowest BCUT2D eigenvalue weighted by atomic mass is 9.85. The van der Waals surface area contributed by atoms with Gasteiger partial charge in [-0.3, -0.25) is 4.79 Å². The van der Waals surface area contributed by atoms with E-state index in [1.54, 1.807) is 7.11 Å². The fourth-order valence-corrected chi connectivity index (χ4v) is 2.21. The first kappa shape index (κ1) is 11.1. The second-order valence-electron chi connectivity index (χ2n) is 4.17. The molecule has 5 heteroatoms. The summed E-state index contributed by atoms with van der Waals surface area (Å²) >= 11 is 0. The van der Waals surface area contributed by atoms with Gasteiger partial charge in [0, 0.05) is 25.5 Å². The van der Waals surface area contributed by atoms with E-state index in [-0.39, 0.29) is 12.3 Å². The van der Waals surface area contributed by atoms with Crippen LogP contribution in [0.15, 0.2) is 4.52 Å². The number of fused-ring (bicyclic) bond motifs is 1. The van der Waals surface area contributed by atoms with Gasteiger partial charge < -0.3 is 14.4 Å². The van der Waals surface area contributed by atoms with Gasteiger partial charge >= 0.3 is 5.97 Å². The summed E-state index contributed by atoms with van der Waals surface area (Å²) in [5.41, 5.74) is 1.97. The van der Waals surface area contributed by atoms with Crippen LogP contribution in [0, 0.1) is 5.92 Å². The number of rotatable bonds is 4. The molecule has 88 valence electrons. The van der Waals surface area contributed by atoms with E-state index in [2.05, 4.69) is 5.16 Å². The first-order valence-corrected chi connectivity index (χ1v) is 5.37. The molecule has 1 atom stereocenters. The maximum atomic E-state index is 10.6. The number of hydrogen-bond acceptors (Lipinski definition) is 4. The molecule has 5 nitrogen and oxygen atoms in total. The molecule has 1 heterocycles. The lowest BCUT2D eigenvalue weighted by Gasteiger charge is -2.18. The van der Waals surface area contributed by atoms with Crippen LogP contribution >= 0.6 is 0 Å². The number of carbonyl (C=O) groups is 1. The molecule has 0 saturated carbocycles. The SMILES string of the molecule is COCc1noc2c1CCC(CC(=O)O)C2. The number of methoxy groups -OCH3 is 1. The summed E-state index contributed by atoms with van der Waals surface area (Å²) in [6.07, 6.45) is 2.62. The third kappa shape index (κ3) is 2.24. The van der Waals surface area contributed by atoms with Gasteiger partial charge in [0.15, 0.2) is 0 Å².